The first-order chi connectivity index (χ1) is 8.29. The average molecular weight is 296 g/mol. The van der Waals surface area contributed by atoms with Gasteiger partial charge >= 0.3 is 6.18 Å². The van der Waals surface area contributed by atoms with Gasteiger partial charge in [0, 0.05) is 11.4 Å². The third-order valence-electron chi connectivity index (χ3n) is 2.10. The van der Waals surface area contributed by atoms with Gasteiger partial charge in [-0.25, -0.2) is 0 Å². The summed E-state index contributed by atoms with van der Waals surface area (Å²) in [5, 5.41) is 8.15. The van der Waals surface area contributed by atoms with Crippen molar-refractivity contribution in [3.8, 4) is 0 Å². The van der Waals surface area contributed by atoms with Crippen LogP contribution in [0.15, 0.2) is 17.4 Å². The van der Waals surface area contributed by atoms with Gasteiger partial charge in [-0.05, 0) is 6.07 Å². The van der Waals surface area contributed by atoms with Crippen LogP contribution in [0.3, 0.4) is 0 Å². The van der Waals surface area contributed by atoms with Crippen molar-refractivity contribution in [1.29, 1.82) is 0 Å². The Morgan fingerprint density at radius 3 is 2.56 bits per heavy atom. The summed E-state index contributed by atoms with van der Waals surface area (Å²) in [5.41, 5.74) is -0.585. The number of hydrogen-bond acceptors (Lipinski definition) is 3. The van der Waals surface area contributed by atoms with E-state index in [1.54, 1.807) is 0 Å². The molecule has 0 aliphatic rings. The lowest BCUT2D eigenvalue weighted by molar-refractivity contribution is -0.137. The van der Waals surface area contributed by atoms with Crippen LogP contribution < -0.4 is 0 Å². The van der Waals surface area contributed by atoms with Crippen LogP contribution in [0.25, 0.3) is 5.65 Å². The Kier molecular flexibility index (Phi) is 3.46. The van der Waals surface area contributed by atoms with E-state index in [1.165, 1.54) is 16.2 Å². The molecule has 0 radical (unpaired) electrons. The Morgan fingerprint density at radius 1 is 1.33 bits per heavy atom. The second-order valence-corrected chi connectivity index (χ2v) is 5.87. The number of alkyl halides is 3. The molecule has 0 atom stereocenters. The molecule has 8 heteroatoms. The SMILES string of the molecule is CC(C)Sc1nnc2c(Cl)cc(C(F)(F)F)cn12. The maximum atomic E-state index is 12.7. The molecule has 0 fully saturated rings. The predicted octanol–water partition coefficient (Wildman–Crippen LogP) is 3.90. The number of aromatic nitrogens is 3. The smallest absolute Gasteiger partial charge is 0.276 e. The highest BCUT2D eigenvalue weighted by Gasteiger charge is 2.32. The number of pyridine rings is 1. The van der Waals surface area contributed by atoms with Crippen molar-refractivity contribution in [2.45, 2.75) is 30.4 Å². The monoisotopic (exact) mass is 295 g/mol. The van der Waals surface area contributed by atoms with E-state index in [1.807, 2.05) is 13.8 Å². The van der Waals surface area contributed by atoms with Gasteiger partial charge < -0.3 is 0 Å². The van der Waals surface area contributed by atoms with E-state index in [9.17, 15) is 13.2 Å². The summed E-state index contributed by atoms with van der Waals surface area (Å²) in [6, 6.07) is 0.857. The Labute approximate surface area is 110 Å². The van der Waals surface area contributed by atoms with Gasteiger partial charge in [-0.3, -0.25) is 4.40 Å². The van der Waals surface area contributed by atoms with Gasteiger partial charge in [-0.1, -0.05) is 37.2 Å². The number of fused-ring (bicyclic) bond motifs is 1. The summed E-state index contributed by atoms with van der Waals surface area (Å²) in [6.07, 6.45) is -3.48. The minimum Gasteiger partial charge on any atom is -0.276 e. The fraction of sp³-hybridized carbons (Fsp3) is 0.400. The fourth-order valence-electron chi connectivity index (χ4n) is 1.38. The lowest BCUT2D eigenvalue weighted by Gasteiger charge is -2.09. The molecule has 0 saturated carbocycles. The second kappa shape index (κ2) is 4.62. The summed E-state index contributed by atoms with van der Waals surface area (Å²) in [5.74, 6) is 0. The third-order valence-corrected chi connectivity index (χ3v) is 3.34. The minimum absolute atomic E-state index is 0.0621. The molecular formula is C10H9ClF3N3S. The summed E-state index contributed by atoms with van der Waals surface area (Å²) in [6.45, 7) is 3.84. The zero-order chi connectivity index (χ0) is 13.5. The summed E-state index contributed by atoms with van der Waals surface area (Å²) in [7, 11) is 0. The zero-order valence-electron chi connectivity index (χ0n) is 9.49. The van der Waals surface area contributed by atoms with Crippen molar-refractivity contribution in [2.24, 2.45) is 0 Å². The quantitative estimate of drug-likeness (QED) is 0.787. The lowest BCUT2D eigenvalue weighted by Crippen LogP contribution is -2.07. The first kappa shape index (κ1) is 13.5. The molecule has 0 amide bonds. The molecule has 0 unspecified atom stereocenters. The Morgan fingerprint density at radius 2 is 2.00 bits per heavy atom. The van der Waals surface area contributed by atoms with Crippen LogP contribution in [0.4, 0.5) is 13.2 Å². The molecular weight excluding hydrogens is 287 g/mol. The highest BCUT2D eigenvalue weighted by Crippen LogP contribution is 2.33. The molecule has 2 aromatic heterocycles. The molecule has 2 aromatic rings. The molecule has 2 heterocycles. The van der Waals surface area contributed by atoms with Gasteiger partial charge in [0.05, 0.1) is 10.6 Å². The second-order valence-electron chi connectivity index (χ2n) is 3.92. The van der Waals surface area contributed by atoms with Crippen molar-refractivity contribution in [1.82, 2.24) is 14.6 Å². The number of rotatable bonds is 2. The fourth-order valence-corrected chi connectivity index (χ4v) is 2.39. The van der Waals surface area contributed by atoms with Crippen LogP contribution in [0, 0.1) is 0 Å². The third kappa shape index (κ3) is 2.56. The van der Waals surface area contributed by atoms with Gasteiger partial charge in [-0.15, -0.1) is 10.2 Å². The van der Waals surface area contributed by atoms with Crippen molar-refractivity contribution in [2.75, 3.05) is 0 Å². The zero-order valence-corrected chi connectivity index (χ0v) is 11.1. The van der Waals surface area contributed by atoms with E-state index in [2.05, 4.69) is 10.2 Å². The predicted molar refractivity (Wildman–Crippen MR) is 64.0 cm³/mol. The topological polar surface area (TPSA) is 30.2 Å². The van der Waals surface area contributed by atoms with E-state index < -0.39 is 11.7 Å². The standard InChI is InChI=1S/C10H9ClF3N3S/c1-5(2)18-9-16-15-8-7(11)3-6(4-17(8)9)10(12,13)14/h3-5H,1-2H3. The molecule has 3 nitrogen and oxygen atoms in total. The number of thioether (sulfide) groups is 1. The molecule has 0 aliphatic carbocycles. The van der Waals surface area contributed by atoms with Crippen LogP contribution in [0.5, 0.6) is 0 Å². The first-order valence-corrected chi connectivity index (χ1v) is 6.33. The average Bonchev–Trinajstić information content (AvgIpc) is 2.60. The van der Waals surface area contributed by atoms with E-state index >= 15 is 0 Å². The molecule has 0 aromatic carbocycles. The van der Waals surface area contributed by atoms with Gasteiger partial charge in [0.25, 0.3) is 0 Å². The van der Waals surface area contributed by atoms with Crippen LogP contribution in [0.1, 0.15) is 19.4 Å². The molecule has 2 rings (SSSR count). The van der Waals surface area contributed by atoms with Crippen LogP contribution >= 0.6 is 23.4 Å². The van der Waals surface area contributed by atoms with Gasteiger partial charge in [0.15, 0.2) is 10.8 Å². The van der Waals surface area contributed by atoms with Crippen molar-refractivity contribution < 1.29 is 13.2 Å². The largest absolute Gasteiger partial charge is 0.417 e. The first-order valence-electron chi connectivity index (χ1n) is 5.07. The number of hydrogen-bond donors (Lipinski definition) is 0. The van der Waals surface area contributed by atoms with Gasteiger partial charge in [0.2, 0.25) is 0 Å². The van der Waals surface area contributed by atoms with Crippen molar-refractivity contribution in [3.63, 3.8) is 0 Å². The molecule has 0 aliphatic heterocycles. The number of halogens is 4. The Hall–Kier alpha value is -0.950. The molecule has 0 bridgehead atoms. The number of nitrogens with zero attached hydrogens (tertiary/aromatic N) is 3. The van der Waals surface area contributed by atoms with Gasteiger partial charge in [-0.2, -0.15) is 13.2 Å². The molecule has 0 saturated heterocycles. The van der Waals surface area contributed by atoms with Crippen LogP contribution in [-0.2, 0) is 6.18 Å². The van der Waals surface area contributed by atoms with E-state index in [0.29, 0.717) is 5.16 Å². The highest BCUT2D eigenvalue weighted by molar-refractivity contribution is 7.99. The molecule has 18 heavy (non-hydrogen) atoms. The Bertz CT molecular complexity index is 579. The maximum Gasteiger partial charge on any atom is 0.417 e. The summed E-state index contributed by atoms with van der Waals surface area (Å²) >= 11 is 7.11. The summed E-state index contributed by atoms with van der Waals surface area (Å²) < 4.78 is 39.3. The Balaban J connectivity index is 2.61. The van der Waals surface area contributed by atoms with Crippen LogP contribution in [0.2, 0.25) is 5.02 Å². The van der Waals surface area contributed by atoms with Crippen LogP contribution in [-0.4, -0.2) is 19.8 Å². The minimum atomic E-state index is -4.44. The maximum absolute atomic E-state index is 12.7. The molecule has 98 valence electrons. The molecule has 0 spiro atoms. The summed E-state index contributed by atoms with van der Waals surface area (Å²) in [4.78, 5) is 0. The van der Waals surface area contributed by atoms with Crippen molar-refractivity contribution in [3.05, 3.63) is 22.8 Å². The van der Waals surface area contributed by atoms with Crippen molar-refractivity contribution >= 4 is 29.0 Å². The molecule has 0 N–H and O–H groups in total. The normalized spacial score (nSPS) is 12.6. The van der Waals surface area contributed by atoms with E-state index in [4.69, 9.17) is 11.6 Å². The lowest BCUT2D eigenvalue weighted by atomic mass is 10.3. The van der Waals surface area contributed by atoms with E-state index in [-0.39, 0.29) is 15.9 Å². The van der Waals surface area contributed by atoms with Gasteiger partial charge in [0.1, 0.15) is 0 Å². The van der Waals surface area contributed by atoms with E-state index in [0.717, 1.165) is 12.3 Å². The highest BCUT2D eigenvalue weighted by atomic mass is 35.5.